The van der Waals surface area contributed by atoms with Gasteiger partial charge in [0.2, 0.25) is 5.91 Å². The molecule has 0 aliphatic carbocycles. The predicted octanol–water partition coefficient (Wildman–Crippen LogP) is -0.0620. The van der Waals surface area contributed by atoms with E-state index in [2.05, 4.69) is 0 Å². The van der Waals surface area contributed by atoms with Crippen LogP contribution < -0.4 is 0 Å². The highest BCUT2D eigenvalue weighted by molar-refractivity contribution is 5.76. The number of ether oxygens (including phenoxy) is 1. The third-order valence-corrected chi connectivity index (χ3v) is 3.15. The Balaban J connectivity index is 2.36. The van der Waals surface area contributed by atoms with Crippen molar-refractivity contribution in [2.45, 2.75) is 24.9 Å². The Morgan fingerprint density at radius 1 is 1.29 bits per heavy atom. The van der Waals surface area contributed by atoms with E-state index in [0.29, 0.717) is 39.0 Å². The minimum atomic E-state index is -0.763. The minimum absolute atomic E-state index is 0.0821. The molecule has 5 nitrogen and oxygen atoms in total. The van der Waals surface area contributed by atoms with Gasteiger partial charge < -0.3 is 19.6 Å². The molecule has 0 aromatic carbocycles. The normalized spacial score (nSPS) is 19.4. The van der Waals surface area contributed by atoms with Crippen molar-refractivity contribution in [1.82, 2.24) is 9.80 Å². The fourth-order valence-corrected chi connectivity index (χ4v) is 1.95. The van der Waals surface area contributed by atoms with E-state index in [1.54, 1.807) is 11.9 Å². The predicted molar refractivity (Wildman–Crippen MR) is 65.8 cm³/mol. The molecule has 1 amide bonds. The summed E-state index contributed by atoms with van der Waals surface area (Å²) in [6.07, 6.45) is 1.71. The summed E-state index contributed by atoms with van der Waals surface area (Å²) in [5, 5.41) is 10.3. The molecule has 1 fully saturated rings. The van der Waals surface area contributed by atoms with Gasteiger partial charge in [0, 0.05) is 52.6 Å². The Hall–Kier alpha value is -0.650. The van der Waals surface area contributed by atoms with E-state index in [9.17, 15) is 9.90 Å². The van der Waals surface area contributed by atoms with Crippen LogP contribution in [0, 0.1) is 0 Å². The largest absolute Gasteiger partial charge is 0.388 e. The van der Waals surface area contributed by atoms with Gasteiger partial charge in [-0.1, -0.05) is 0 Å². The Morgan fingerprint density at radius 3 is 2.41 bits per heavy atom. The van der Waals surface area contributed by atoms with Crippen molar-refractivity contribution >= 4 is 5.91 Å². The Morgan fingerprint density at radius 2 is 1.88 bits per heavy atom. The maximum absolute atomic E-state index is 11.8. The molecule has 1 aliphatic rings. The first kappa shape index (κ1) is 14.4. The zero-order chi connectivity index (χ0) is 12.9. The van der Waals surface area contributed by atoms with E-state index < -0.39 is 5.60 Å². The maximum Gasteiger partial charge on any atom is 0.223 e. The molecule has 100 valence electrons. The molecule has 0 unspecified atom stereocenters. The average molecular weight is 244 g/mol. The number of carbonyl (C=O) groups excluding carboxylic acids is 1. The summed E-state index contributed by atoms with van der Waals surface area (Å²) in [5.74, 6) is 0.0821. The molecular formula is C12H24N2O3. The number of hydrogen-bond acceptors (Lipinski definition) is 4. The molecule has 5 heteroatoms. The molecular weight excluding hydrogens is 220 g/mol. The number of likely N-dealkylation sites (N-methyl/N-ethyl adjacent to an activating group) is 1. The van der Waals surface area contributed by atoms with Crippen LogP contribution in [0.4, 0.5) is 0 Å². The van der Waals surface area contributed by atoms with Crippen molar-refractivity contribution in [3.8, 4) is 0 Å². The van der Waals surface area contributed by atoms with Crippen LogP contribution in [0.1, 0.15) is 19.3 Å². The lowest BCUT2D eigenvalue weighted by Gasteiger charge is -2.35. The second-order valence-corrected chi connectivity index (χ2v) is 5.14. The molecule has 0 saturated carbocycles. The Bertz CT molecular complexity index is 250. The van der Waals surface area contributed by atoms with Crippen LogP contribution in [-0.4, -0.2) is 73.9 Å². The lowest BCUT2D eigenvalue weighted by atomic mass is 9.94. The van der Waals surface area contributed by atoms with Crippen molar-refractivity contribution in [3.63, 3.8) is 0 Å². The number of amides is 1. The van der Waals surface area contributed by atoms with Gasteiger partial charge in [-0.05, 0) is 14.1 Å². The van der Waals surface area contributed by atoms with E-state index in [-0.39, 0.29) is 5.91 Å². The van der Waals surface area contributed by atoms with Crippen LogP contribution in [0.15, 0.2) is 0 Å². The molecule has 0 bridgehead atoms. The average Bonchev–Trinajstić information content (AvgIpc) is 2.26. The quantitative estimate of drug-likeness (QED) is 0.736. The van der Waals surface area contributed by atoms with E-state index in [1.165, 1.54) is 0 Å². The molecule has 0 aromatic heterocycles. The molecule has 1 N–H and O–H groups in total. The zero-order valence-electron chi connectivity index (χ0n) is 11.1. The number of aliphatic hydroxyl groups is 1. The van der Waals surface area contributed by atoms with Crippen molar-refractivity contribution in [3.05, 3.63) is 0 Å². The zero-order valence-corrected chi connectivity index (χ0v) is 11.1. The minimum Gasteiger partial charge on any atom is -0.388 e. The summed E-state index contributed by atoms with van der Waals surface area (Å²) in [5.41, 5.74) is -0.763. The van der Waals surface area contributed by atoms with Crippen LogP contribution in [0.25, 0.3) is 0 Å². The van der Waals surface area contributed by atoms with Crippen LogP contribution >= 0.6 is 0 Å². The number of carbonyl (C=O) groups is 1. The second-order valence-electron chi connectivity index (χ2n) is 5.14. The first-order chi connectivity index (χ1) is 7.93. The van der Waals surface area contributed by atoms with Gasteiger partial charge in [-0.2, -0.15) is 0 Å². The molecule has 0 spiro atoms. The van der Waals surface area contributed by atoms with Crippen LogP contribution in [0.5, 0.6) is 0 Å². The van der Waals surface area contributed by atoms with Crippen molar-refractivity contribution in [1.29, 1.82) is 0 Å². The molecule has 0 radical (unpaired) electrons. The summed E-state index contributed by atoms with van der Waals surface area (Å²) < 4.78 is 5.22. The van der Waals surface area contributed by atoms with E-state index in [0.717, 1.165) is 6.54 Å². The van der Waals surface area contributed by atoms with Gasteiger partial charge in [-0.15, -0.1) is 0 Å². The fourth-order valence-electron chi connectivity index (χ4n) is 1.95. The summed E-state index contributed by atoms with van der Waals surface area (Å²) in [7, 11) is 5.64. The fraction of sp³-hybridized carbons (Fsp3) is 0.917. The molecule has 1 aliphatic heterocycles. The van der Waals surface area contributed by atoms with E-state index in [4.69, 9.17) is 4.74 Å². The van der Waals surface area contributed by atoms with Crippen LogP contribution in [-0.2, 0) is 9.53 Å². The summed E-state index contributed by atoms with van der Waals surface area (Å²) >= 11 is 0. The summed E-state index contributed by atoms with van der Waals surface area (Å²) in [4.78, 5) is 15.4. The molecule has 1 saturated heterocycles. The van der Waals surface area contributed by atoms with E-state index >= 15 is 0 Å². The van der Waals surface area contributed by atoms with E-state index in [1.807, 2.05) is 19.0 Å². The van der Waals surface area contributed by atoms with Gasteiger partial charge in [0.1, 0.15) is 0 Å². The molecule has 17 heavy (non-hydrogen) atoms. The van der Waals surface area contributed by atoms with Gasteiger partial charge in [0.15, 0.2) is 0 Å². The van der Waals surface area contributed by atoms with Gasteiger partial charge in [-0.3, -0.25) is 4.79 Å². The highest BCUT2D eigenvalue weighted by atomic mass is 16.5. The highest BCUT2D eigenvalue weighted by Crippen LogP contribution is 2.21. The number of nitrogens with zero attached hydrogens (tertiary/aromatic N) is 2. The third-order valence-electron chi connectivity index (χ3n) is 3.15. The number of rotatable bonds is 5. The molecule has 1 rings (SSSR count). The summed E-state index contributed by atoms with van der Waals surface area (Å²) in [6.45, 7) is 2.31. The van der Waals surface area contributed by atoms with Crippen molar-refractivity contribution in [2.75, 3.05) is 47.4 Å². The van der Waals surface area contributed by atoms with Gasteiger partial charge in [-0.25, -0.2) is 0 Å². The first-order valence-corrected chi connectivity index (χ1v) is 6.12. The summed E-state index contributed by atoms with van der Waals surface area (Å²) in [6, 6.07) is 0. The lowest BCUT2D eigenvalue weighted by Crippen LogP contribution is -2.47. The molecule has 1 heterocycles. The maximum atomic E-state index is 11.8. The second kappa shape index (κ2) is 6.33. The Labute approximate surface area is 103 Å². The molecule has 0 atom stereocenters. The van der Waals surface area contributed by atoms with Crippen molar-refractivity contribution in [2.24, 2.45) is 0 Å². The third kappa shape index (κ3) is 5.02. The standard InChI is InChI=1S/C12H24N2O3/c1-13(2)7-4-11(15)14(3)10-12(16)5-8-17-9-6-12/h16H,4-10H2,1-3H3. The lowest BCUT2D eigenvalue weighted by molar-refractivity contribution is -0.137. The monoisotopic (exact) mass is 244 g/mol. The first-order valence-electron chi connectivity index (χ1n) is 6.12. The highest BCUT2D eigenvalue weighted by Gasteiger charge is 2.32. The molecule has 0 aromatic rings. The van der Waals surface area contributed by atoms with Crippen molar-refractivity contribution < 1.29 is 14.6 Å². The van der Waals surface area contributed by atoms with Crippen LogP contribution in [0.2, 0.25) is 0 Å². The smallest absolute Gasteiger partial charge is 0.223 e. The topological polar surface area (TPSA) is 53.0 Å². The van der Waals surface area contributed by atoms with Gasteiger partial charge in [0.25, 0.3) is 0 Å². The Kier molecular flexibility index (Phi) is 5.36. The van der Waals surface area contributed by atoms with Gasteiger partial charge in [0.05, 0.1) is 5.60 Å². The van der Waals surface area contributed by atoms with Gasteiger partial charge >= 0.3 is 0 Å². The SMILES string of the molecule is CN(C)CCC(=O)N(C)CC1(O)CCOCC1. The van der Waals surface area contributed by atoms with Crippen LogP contribution in [0.3, 0.4) is 0 Å². The number of hydrogen-bond donors (Lipinski definition) is 1.